The summed E-state index contributed by atoms with van der Waals surface area (Å²) in [6.07, 6.45) is -2.59. The van der Waals surface area contributed by atoms with Gasteiger partial charge in [-0.15, -0.1) is 5.92 Å². The molecule has 19 heteroatoms. The SMILES string of the molecule is CC#Cc1cc([N+](=O)[O-])n([C@H]2C[C@H](O)[C@@H](COP(=O)(O)OP(=O)(O)OP(=O)(O)O)O2)c1. The number of hydrogen-bond acceptors (Lipinski definition) is 10. The molecular weight excluding hydrogens is 489 g/mol. The molecule has 16 nitrogen and oxygen atoms in total. The van der Waals surface area contributed by atoms with Gasteiger partial charge in [0.25, 0.3) is 0 Å². The van der Waals surface area contributed by atoms with Crippen molar-refractivity contribution in [3.8, 4) is 11.8 Å². The van der Waals surface area contributed by atoms with Crippen molar-refractivity contribution in [1.82, 2.24) is 4.57 Å². The van der Waals surface area contributed by atoms with Gasteiger partial charge < -0.3 is 39.5 Å². The van der Waals surface area contributed by atoms with Gasteiger partial charge in [-0.05, 0) is 11.8 Å². The van der Waals surface area contributed by atoms with Gasteiger partial charge in [-0.1, -0.05) is 5.92 Å². The standard InChI is InChI=1S/C12H17N2O14P3/c1-2-3-8-4-11(14(16)17)13(6-8)12-5-9(15)10(26-12)7-25-30(21,22)28-31(23,24)27-29(18,19)20/h4,6,9-10,12,15H,5,7H2,1H3,(H,21,22)(H,23,24)(H2,18,19,20)/t9-,10+,12+/m0/s1. The van der Waals surface area contributed by atoms with E-state index in [1.54, 1.807) is 0 Å². The van der Waals surface area contributed by atoms with Gasteiger partial charge in [-0.25, -0.2) is 18.3 Å². The van der Waals surface area contributed by atoms with Gasteiger partial charge in [0.2, 0.25) is 6.23 Å². The third kappa shape index (κ3) is 7.58. The van der Waals surface area contributed by atoms with Gasteiger partial charge in [0, 0.05) is 6.42 Å². The van der Waals surface area contributed by atoms with Crippen molar-refractivity contribution >= 4 is 29.3 Å². The van der Waals surface area contributed by atoms with Crippen LogP contribution < -0.4 is 0 Å². The zero-order valence-electron chi connectivity index (χ0n) is 15.4. The van der Waals surface area contributed by atoms with Crippen LogP contribution >= 0.6 is 23.5 Å². The number of rotatable bonds is 9. The summed E-state index contributed by atoms with van der Waals surface area (Å²) in [5.41, 5.74) is 0.309. The summed E-state index contributed by atoms with van der Waals surface area (Å²) < 4.78 is 51.7. The second-order valence-electron chi connectivity index (χ2n) is 5.95. The molecule has 5 N–H and O–H groups in total. The molecule has 5 atom stereocenters. The third-order valence-electron chi connectivity index (χ3n) is 3.62. The van der Waals surface area contributed by atoms with Gasteiger partial charge in [0.1, 0.15) is 12.3 Å². The maximum absolute atomic E-state index is 11.7. The first-order valence-corrected chi connectivity index (χ1v) is 12.6. The van der Waals surface area contributed by atoms with E-state index in [0.29, 0.717) is 5.56 Å². The highest BCUT2D eigenvalue weighted by Crippen LogP contribution is 2.66. The molecule has 0 aliphatic carbocycles. The summed E-state index contributed by atoms with van der Waals surface area (Å²) in [6.45, 7) is 0.635. The molecule has 1 aromatic rings. The van der Waals surface area contributed by atoms with Crippen LogP contribution in [0.3, 0.4) is 0 Å². The fourth-order valence-corrected chi connectivity index (χ4v) is 5.59. The summed E-state index contributed by atoms with van der Waals surface area (Å²) in [7, 11) is -16.6. The average Bonchev–Trinajstić information content (AvgIpc) is 3.13. The van der Waals surface area contributed by atoms with E-state index in [9.17, 15) is 33.8 Å². The molecule has 0 spiro atoms. The maximum atomic E-state index is 11.7. The zero-order valence-corrected chi connectivity index (χ0v) is 18.1. The van der Waals surface area contributed by atoms with Crippen LogP contribution in [0.1, 0.15) is 25.1 Å². The lowest BCUT2D eigenvalue weighted by molar-refractivity contribution is -0.393. The van der Waals surface area contributed by atoms with Crippen LogP contribution in [0.25, 0.3) is 0 Å². The van der Waals surface area contributed by atoms with Crippen molar-refractivity contribution in [2.45, 2.75) is 31.8 Å². The Morgan fingerprint density at radius 3 is 2.45 bits per heavy atom. The summed E-state index contributed by atoms with van der Waals surface area (Å²) in [5.74, 6) is 4.81. The van der Waals surface area contributed by atoms with Crippen LogP contribution in [0, 0.1) is 22.0 Å². The lowest BCUT2D eigenvalue weighted by atomic mass is 10.2. The number of nitrogens with zero attached hydrogens (tertiary/aromatic N) is 2. The van der Waals surface area contributed by atoms with Crippen molar-refractivity contribution in [3.63, 3.8) is 0 Å². The number of aliphatic hydroxyl groups excluding tert-OH is 1. The second-order valence-corrected chi connectivity index (χ2v) is 10.4. The number of nitro groups is 1. The first-order chi connectivity index (χ1) is 14.1. The van der Waals surface area contributed by atoms with Gasteiger partial charge >= 0.3 is 29.3 Å². The van der Waals surface area contributed by atoms with Crippen molar-refractivity contribution in [3.05, 3.63) is 27.9 Å². The van der Waals surface area contributed by atoms with Gasteiger partial charge in [0.05, 0.1) is 24.3 Å². The average molecular weight is 506 g/mol. The van der Waals surface area contributed by atoms with Crippen LogP contribution in [0.2, 0.25) is 0 Å². The molecule has 0 saturated carbocycles. The minimum atomic E-state index is -5.69. The molecule has 2 heterocycles. The smallest absolute Gasteiger partial charge is 0.390 e. The van der Waals surface area contributed by atoms with E-state index in [1.165, 1.54) is 19.2 Å². The predicted molar refractivity (Wildman–Crippen MR) is 98.0 cm³/mol. The Morgan fingerprint density at radius 2 is 1.90 bits per heavy atom. The van der Waals surface area contributed by atoms with E-state index in [0.717, 1.165) is 4.57 Å². The lowest BCUT2D eigenvalue weighted by Gasteiger charge is -2.18. The zero-order chi connectivity index (χ0) is 23.6. The molecular formula is C12H17N2O14P3. The predicted octanol–water partition coefficient (Wildman–Crippen LogP) is 0.759. The molecule has 31 heavy (non-hydrogen) atoms. The number of hydrogen-bond donors (Lipinski definition) is 5. The Morgan fingerprint density at radius 1 is 1.26 bits per heavy atom. The molecule has 0 bridgehead atoms. The van der Waals surface area contributed by atoms with E-state index in [2.05, 4.69) is 25.0 Å². The monoisotopic (exact) mass is 506 g/mol. The van der Waals surface area contributed by atoms with Gasteiger partial charge in [-0.3, -0.25) is 4.52 Å². The quantitative estimate of drug-likeness (QED) is 0.135. The topological polar surface area (TPSA) is 237 Å². The molecule has 1 aliphatic rings. The highest BCUT2D eigenvalue weighted by molar-refractivity contribution is 7.66. The van der Waals surface area contributed by atoms with E-state index in [1.807, 2.05) is 0 Å². The van der Waals surface area contributed by atoms with E-state index in [-0.39, 0.29) is 12.2 Å². The van der Waals surface area contributed by atoms with Crippen molar-refractivity contribution in [2.75, 3.05) is 6.61 Å². The first-order valence-electron chi connectivity index (χ1n) is 8.03. The molecule has 1 aromatic heterocycles. The largest absolute Gasteiger partial charge is 0.490 e. The summed E-state index contributed by atoms with van der Waals surface area (Å²) in [6, 6.07) is 1.19. The van der Waals surface area contributed by atoms with Crippen LogP contribution in [-0.4, -0.2) is 53.0 Å². The Kier molecular flexibility index (Phi) is 8.00. The Labute approximate surface area is 173 Å². The number of phosphoric acid groups is 3. The van der Waals surface area contributed by atoms with E-state index < -0.39 is 53.4 Å². The Balaban J connectivity index is 2.06. The number of aromatic nitrogens is 1. The molecule has 1 aliphatic heterocycles. The minimum Gasteiger partial charge on any atom is -0.390 e. The van der Waals surface area contributed by atoms with Crippen LogP contribution in [0.5, 0.6) is 0 Å². The highest BCUT2D eigenvalue weighted by atomic mass is 31.3. The van der Waals surface area contributed by atoms with E-state index in [4.69, 9.17) is 19.4 Å². The number of phosphoric ester groups is 1. The lowest BCUT2D eigenvalue weighted by Crippen LogP contribution is -2.26. The second kappa shape index (κ2) is 9.60. The normalized spacial score (nSPS) is 25.3. The van der Waals surface area contributed by atoms with Crippen LogP contribution in [-0.2, 0) is 31.6 Å². The first kappa shape index (κ1) is 25.8. The van der Waals surface area contributed by atoms with Gasteiger partial charge in [-0.2, -0.15) is 8.62 Å². The van der Waals surface area contributed by atoms with E-state index >= 15 is 0 Å². The van der Waals surface area contributed by atoms with Crippen molar-refractivity contribution in [1.29, 1.82) is 0 Å². The van der Waals surface area contributed by atoms with Crippen LogP contribution in [0.15, 0.2) is 12.3 Å². The molecule has 174 valence electrons. The summed E-state index contributed by atoms with van der Waals surface area (Å²) >= 11 is 0. The summed E-state index contributed by atoms with van der Waals surface area (Å²) in [4.78, 5) is 46.0. The highest BCUT2D eigenvalue weighted by Gasteiger charge is 2.44. The molecule has 0 radical (unpaired) electrons. The van der Waals surface area contributed by atoms with Gasteiger partial charge in [0.15, 0.2) is 0 Å². The Hall–Kier alpha value is -1.43. The van der Waals surface area contributed by atoms with Crippen LogP contribution in [0.4, 0.5) is 5.82 Å². The number of aliphatic hydroxyl groups is 1. The third-order valence-corrected chi connectivity index (χ3v) is 7.42. The van der Waals surface area contributed by atoms with Crippen molar-refractivity contribution < 1.29 is 61.2 Å². The maximum Gasteiger partial charge on any atom is 0.490 e. The minimum absolute atomic E-state index is 0.182. The molecule has 2 unspecified atom stereocenters. The van der Waals surface area contributed by atoms with Crippen molar-refractivity contribution in [2.24, 2.45) is 0 Å². The summed E-state index contributed by atoms with van der Waals surface area (Å²) in [5, 5.41) is 21.3. The molecule has 1 saturated heterocycles. The molecule has 1 fully saturated rings. The number of ether oxygens (including phenoxy) is 1. The molecule has 2 rings (SSSR count). The Bertz CT molecular complexity index is 1040. The fourth-order valence-electron chi connectivity index (χ4n) is 2.56. The molecule has 0 amide bonds. The fraction of sp³-hybridized carbons (Fsp3) is 0.500. The molecule has 0 aromatic carbocycles.